The molecule has 0 aliphatic carbocycles. The van der Waals surface area contributed by atoms with Gasteiger partial charge in [0.1, 0.15) is 0 Å². The molecule has 6 heteroatoms. The topological polar surface area (TPSA) is 67.3 Å². The summed E-state index contributed by atoms with van der Waals surface area (Å²) in [6.07, 6.45) is 3.77. The second-order valence-corrected chi connectivity index (χ2v) is 7.59. The Hall–Kier alpha value is -0.460. The van der Waals surface area contributed by atoms with Crippen LogP contribution in [0.3, 0.4) is 0 Å². The molecular formula is C11H14BrNO3S. The van der Waals surface area contributed by atoms with E-state index in [0.29, 0.717) is 12.8 Å². The number of aromatic nitrogens is 1. The Morgan fingerprint density at radius 1 is 1.53 bits per heavy atom. The molecule has 94 valence electrons. The van der Waals surface area contributed by atoms with Gasteiger partial charge in [-0.15, -0.1) is 0 Å². The Kier molecular flexibility index (Phi) is 3.85. The molecule has 4 nitrogen and oxygen atoms in total. The van der Waals surface area contributed by atoms with Crippen LogP contribution in [0.4, 0.5) is 0 Å². The van der Waals surface area contributed by atoms with Crippen molar-refractivity contribution in [2.24, 2.45) is 5.92 Å². The minimum Gasteiger partial charge on any atom is -0.392 e. The number of rotatable bonds is 3. The number of aliphatic hydroxyl groups is 1. The van der Waals surface area contributed by atoms with Crippen molar-refractivity contribution >= 4 is 25.8 Å². The monoisotopic (exact) mass is 319 g/mol. The van der Waals surface area contributed by atoms with Crippen LogP contribution in [0.25, 0.3) is 0 Å². The van der Waals surface area contributed by atoms with Gasteiger partial charge in [-0.1, -0.05) is 0 Å². The van der Waals surface area contributed by atoms with Crippen LogP contribution in [0.2, 0.25) is 0 Å². The summed E-state index contributed by atoms with van der Waals surface area (Å²) in [5, 5.41) is 10.0. The number of halogens is 1. The third kappa shape index (κ3) is 3.50. The Labute approximate surface area is 109 Å². The van der Waals surface area contributed by atoms with Crippen LogP contribution in [-0.2, 0) is 16.3 Å². The Morgan fingerprint density at radius 3 is 2.88 bits per heavy atom. The average molecular weight is 320 g/mol. The van der Waals surface area contributed by atoms with Crippen molar-refractivity contribution in [1.82, 2.24) is 4.98 Å². The summed E-state index contributed by atoms with van der Waals surface area (Å²) in [6.45, 7) is 0. The van der Waals surface area contributed by atoms with Crippen molar-refractivity contribution in [3.05, 3.63) is 28.5 Å². The highest BCUT2D eigenvalue weighted by Gasteiger charge is 2.32. The molecular weight excluding hydrogens is 306 g/mol. The predicted molar refractivity (Wildman–Crippen MR) is 68.4 cm³/mol. The Balaban J connectivity index is 2.00. The van der Waals surface area contributed by atoms with Crippen LogP contribution in [0.15, 0.2) is 22.9 Å². The fourth-order valence-corrected chi connectivity index (χ4v) is 4.38. The van der Waals surface area contributed by atoms with Gasteiger partial charge in [0.2, 0.25) is 0 Å². The summed E-state index contributed by atoms with van der Waals surface area (Å²) in [6, 6.07) is 1.89. The highest BCUT2D eigenvalue weighted by atomic mass is 79.9. The first-order chi connectivity index (χ1) is 7.96. The zero-order chi connectivity index (χ0) is 12.5. The van der Waals surface area contributed by atoms with Gasteiger partial charge in [0, 0.05) is 29.2 Å². The molecule has 0 aromatic carbocycles. The third-order valence-electron chi connectivity index (χ3n) is 3.02. The van der Waals surface area contributed by atoms with E-state index < -0.39 is 15.9 Å². The first kappa shape index (κ1) is 13.0. The van der Waals surface area contributed by atoms with Crippen molar-refractivity contribution in [2.45, 2.75) is 18.9 Å². The van der Waals surface area contributed by atoms with E-state index in [1.165, 1.54) is 0 Å². The van der Waals surface area contributed by atoms with Crippen LogP contribution in [0, 0.1) is 5.92 Å². The highest BCUT2D eigenvalue weighted by molar-refractivity contribution is 9.10. The lowest BCUT2D eigenvalue weighted by molar-refractivity contribution is 0.120. The lowest BCUT2D eigenvalue weighted by atomic mass is 9.96. The van der Waals surface area contributed by atoms with Gasteiger partial charge < -0.3 is 5.11 Å². The molecule has 2 heterocycles. The molecule has 0 spiro atoms. The van der Waals surface area contributed by atoms with Gasteiger partial charge in [-0.05, 0) is 34.0 Å². The van der Waals surface area contributed by atoms with E-state index >= 15 is 0 Å². The maximum absolute atomic E-state index is 11.3. The lowest BCUT2D eigenvalue weighted by Gasteiger charge is -2.16. The molecule has 0 radical (unpaired) electrons. The molecule has 1 fully saturated rings. The summed E-state index contributed by atoms with van der Waals surface area (Å²) < 4.78 is 23.5. The predicted octanol–water partition coefficient (Wildman–Crippen LogP) is 1.18. The summed E-state index contributed by atoms with van der Waals surface area (Å²) in [4.78, 5) is 4.02. The van der Waals surface area contributed by atoms with E-state index in [1.54, 1.807) is 12.4 Å². The molecule has 1 aromatic rings. The fourth-order valence-electron chi connectivity index (χ4n) is 2.10. The van der Waals surface area contributed by atoms with E-state index in [9.17, 15) is 13.5 Å². The number of hydrogen-bond donors (Lipinski definition) is 1. The van der Waals surface area contributed by atoms with Crippen molar-refractivity contribution in [3.8, 4) is 0 Å². The molecule has 2 unspecified atom stereocenters. The molecule has 0 saturated carbocycles. The number of pyridine rings is 1. The van der Waals surface area contributed by atoms with Gasteiger partial charge >= 0.3 is 0 Å². The zero-order valence-corrected chi connectivity index (χ0v) is 11.6. The van der Waals surface area contributed by atoms with E-state index in [1.807, 2.05) is 6.07 Å². The Morgan fingerprint density at radius 2 is 2.29 bits per heavy atom. The molecule has 2 rings (SSSR count). The van der Waals surface area contributed by atoms with Crippen molar-refractivity contribution < 1.29 is 13.5 Å². The number of aliphatic hydroxyl groups excluding tert-OH is 1. The SMILES string of the molecule is O=S1(=O)CCC(C(O)Cc2cncc(Br)c2)C1. The second-order valence-electron chi connectivity index (χ2n) is 4.45. The minimum absolute atomic E-state index is 0.107. The second kappa shape index (κ2) is 5.04. The highest BCUT2D eigenvalue weighted by Crippen LogP contribution is 2.24. The summed E-state index contributed by atoms with van der Waals surface area (Å²) in [5.41, 5.74) is 0.913. The number of hydrogen-bond acceptors (Lipinski definition) is 4. The molecule has 0 amide bonds. The van der Waals surface area contributed by atoms with Crippen LogP contribution in [0.5, 0.6) is 0 Å². The summed E-state index contributed by atoms with van der Waals surface area (Å²) in [5.74, 6) is 0.167. The van der Waals surface area contributed by atoms with Crippen molar-refractivity contribution in [1.29, 1.82) is 0 Å². The maximum atomic E-state index is 11.3. The van der Waals surface area contributed by atoms with Crippen LogP contribution in [0.1, 0.15) is 12.0 Å². The number of sulfone groups is 1. The van der Waals surface area contributed by atoms with Gasteiger partial charge in [-0.3, -0.25) is 4.98 Å². The van der Waals surface area contributed by atoms with Gasteiger partial charge in [-0.25, -0.2) is 8.42 Å². The largest absolute Gasteiger partial charge is 0.392 e. The first-order valence-electron chi connectivity index (χ1n) is 5.44. The van der Waals surface area contributed by atoms with Gasteiger partial charge in [0.15, 0.2) is 9.84 Å². The smallest absolute Gasteiger partial charge is 0.150 e. The molecule has 1 saturated heterocycles. The third-order valence-corrected chi connectivity index (χ3v) is 5.25. The standard InChI is InChI=1S/C11H14BrNO3S/c12-10-3-8(5-13-6-10)4-11(14)9-1-2-17(15,16)7-9/h3,5-6,9,11,14H,1-2,4,7H2. The van der Waals surface area contributed by atoms with Crippen LogP contribution < -0.4 is 0 Å². The van der Waals surface area contributed by atoms with Gasteiger partial charge in [0.25, 0.3) is 0 Å². The van der Waals surface area contributed by atoms with E-state index in [0.717, 1.165) is 10.0 Å². The van der Waals surface area contributed by atoms with Gasteiger partial charge in [0.05, 0.1) is 17.6 Å². The van der Waals surface area contributed by atoms with Gasteiger partial charge in [-0.2, -0.15) is 0 Å². The minimum atomic E-state index is -2.93. The lowest BCUT2D eigenvalue weighted by Crippen LogP contribution is -2.24. The zero-order valence-electron chi connectivity index (χ0n) is 9.21. The maximum Gasteiger partial charge on any atom is 0.150 e. The normalized spacial score (nSPS) is 24.7. The molecule has 0 bridgehead atoms. The van der Waals surface area contributed by atoms with E-state index in [2.05, 4.69) is 20.9 Å². The van der Waals surface area contributed by atoms with Crippen LogP contribution in [-0.4, -0.2) is 36.1 Å². The van der Waals surface area contributed by atoms with E-state index in [-0.39, 0.29) is 17.4 Å². The average Bonchev–Trinajstić information content (AvgIpc) is 2.59. The summed E-state index contributed by atoms with van der Waals surface area (Å²) >= 11 is 3.31. The molecule has 17 heavy (non-hydrogen) atoms. The quantitative estimate of drug-likeness (QED) is 0.908. The fraction of sp³-hybridized carbons (Fsp3) is 0.545. The van der Waals surface area contributed by atoms with Crippen molar-refractivity contribution in [3.63, 3.8) is 0 Å². The molecule has 1 N–H and O–H groups in total. The van der Waals surface area contributed by atoms with Crippen molar-refractivity contribution in [2.75, 3.05) is 11.5 Å². The van der Waals surface area contributed by atoms with E-state index in [4.69, 9.17) is 0 Å². The molecule has 1 aliphatic rings. The molecule has 1 aromatic heterocycles. The Bertz CT molecular complexity index is 503. The number of nitrogens with zero attached hydrogens (tertiary/aromatic N) is 1. The molecule has 2 atom stereocenters. The first-order valence-corrected chi connectivity index (χ1v) is 8.05. The summed E-state index contributed by atoms with van der Waals surface area (Å²) in [7, 11) is -2.93. The van der Waals surface area contributed by atoms with Crippen LogP contribution >= 0.6 is 15.9 Å². The molecule has 1 aliphatic heterocycles.